The molecule has 2 aromatic carbocycles. The van der Waals surface area contributed by atoms with Gasteiger partial charge in [-0.05, 0) is 143 Å². The molecule has 0 unspecified atom stereocenters. The van der Waals surface area contributed by atoms with Gasteiger partial charge in [0.25, 0.3) is 0 Å². The van der Waals surface area contributed by atoms with Crippen molar-refractivity contribution < 1.29 is 147 Å². The fraction of sp³-hybridized carbons (Fsp3) is 0.0441. The van der Waals surface area contributed by atoms with Crippen molar-refractivity contribution in [3.05, 3.63) is 309 Å². The van der Waals surface area contributed by atoms with E-state index in [1.807, 2.05) is 109 Å². The first-order chi connectivity index (χ1) is 41.4. The van der Waals surface area contributed by atoms with Crippen LogP contribution >= 0.6 is 0 Å². The van der Waals surface area contributed by atoms with Crippen LogP contribution in [0.5, 0.6) is 0 Å². The first kappa shape index (κ1) is 79.9. The molecule has 0 spiro atoms. The number of rotatable bonds is 7. The number of aromatic amines is 2. The Kier molecular flexibility index (Phi) is 36.9. The number of alkyl halides is 3. The summed E-state index contributed by atoms with van der Waals surface area (Å²) in [5.41, 5.74) is 8.26. The number of halogens is 6. The van der Waals surface area contributed by atoms with E-state index in [1.165, 1.54) is 37.5 Å². The molecule has 0 atom stereocenters. The third kappa shape index (κ3) is 25.4. The molecule has 23 heteroatoms. The molecule has 13 aromatic rings. The van der Waals surface area contributed by atoms with Crippen LogP contribution in [0.2, 0.25) is 0 Å². The summed E-state index contributed by atoms with van der Waals surface area (Å²) in [6.45, 7) is 3.24. The molecule has 0 saturated heterocycles. The molecule has 0 amide bonds. The summed E-state index contributed by atoms with van der Waals surface area (Å²) in [7, 11) is 0. The number of pyridine rings is 9. The van der Waals surface area contributed by atoms with Crippen LogP contribution in [0.3, 0.4) is 0 Å². The van der Waals surface area contributed by atoms with Crippen LogP contribution in [0.4, 0.5) is 26.3 Å². The van der Waals surface area contributed by atoms with Crippen LogP contribution in [-0.2, 0) is 127 Å². The molecule has 0 aliphatic heterocycles. The summed E-state index contributed by atoms with van der Waals surface area (Å²) >= 11 is 0. The van der Waals surface area contributed by atoms with Crippen molar-refractivity contribution in [2.75, 3.05) is 0 Å². The number of benzene rings is 2. The Morgan fingerprint density at radius 1 is 0.451 bits per heavy atom. The molecular formula is C68H47F6Ir6N11-6. The van der Waals surface area contributed by atoms with Gasteiger partial charge >= 0.3 is 6.18 Å². The summed E-state index contributed by atoms with van der Waals surface area (Å²) in [6, 6.07) is 56.6. The second-order valence-corrected chi connectivity index (χ2v) is 17.7. The summed E-state index contributed by atoms with van der Waals surface area (Å²) in [5, 5.41) is 0. The number of aryl methyl sites for hydroxylation is 2. The smallest absolute Gasteiger partial charge is 0.416 e. The van der Waals surface area contributed by atoms with Gasteiger partial charge < -0.3 is 44.9 Å². The molecular weight excluding hydrogens is 2240 g/mol. The largest absolute Gasteiger partial charge is 0.453 e. The SMILES string of the molecule is Cc1ccc(-c2[c-]cc(F)c(-c3cc(C)cc(C(F)(F)F)c3)c2F)nc1.Fc1ccnc(-c2[c-]ccnc2)c1.[Ir].[Ir].[Ir].[Ir].[Ir].[Ir].[c-]1[nH]ccc1-c1ccccn1.[c-]1c[nH]cc1-c1ccccn1.[c-]1cccnc1-c1ccccn1.[c-]1cnccc1-c1ccccn1. The molecule has 476 valence electrons. The first-order valence-electron chi connectivity index (χ1n) is 25.7. The minimum atomic E-state index is -4.62. The second-order valence-electron chi connectivity index (χ2n) is 17.7. The molecule has 0 bridgehead atoms. The van der Waals surface area contributed by atoms with Crippen molar-refractivity contribution in [3.8, 4) is 78.8 Å². The van der Waals surface area contributed by atoms with Gasteiger partial charge in [0.15, 0.2) is 0 Å². The molecule has 0 saturated carbocycles. The predicted molar refractivity (Wildman–Crippen MR) is 313 cm³/mol. The third-order valence-corrected chi connectivity index (χ3v) is 11.5. The van der Waals surface area contributed by atoms with E-state index in [9.17, 15) is 26.3 Å². The Morgan fingerprint density at radius 2 is 1.09 bits per heavy atom. The Hall–Kier alpha value is -7.17. The zero-order valence-corrected chi connectivity index (χ0v) is 61.7. The van der Waals surface area contributed by atoms with Crippen molar-refractivity contribution >= 4 is 0 Å². The Balaban J connectivity index is 0.000000380. The molecule has 2 N–H and O–H groups in total. The fourth-order valence-corrected chi connectivity index (χ4v) is 7.55. The molecule has 6 radical (unpaired) electrons. The summed E-state index contributed by atoms with van der Waals surface area (Å²) in [6.07, 6.45) is 22.2. The average molecular weight is 2290 g/mol. The van der Waals surface area contributed by atoms with Gasteiger partial charge in [0, 0.05) is 169 Å². The number of nitrogens with one attached hydrogen (secondary N) is 2. The van der Waals surface area contributed by atoms with E-state index < -0.39 is 28.9 Å². The van der Waals surface area contributed by atoms with E-state index in [0.717, 1.165) is 68.9 Å². The molecule has 11 heterocycles. The fourth-order valence-electron chi connectivity index (χ4n) is 7.55. The topological polar surface area (TPSA) is 148 Å². The first-order valence-corrected chi connectivity index (χ1v) is 25.7. The molecule has 0 aliphatic rings. The quantitative estimate of drug-likeness (QED) is 0.118. The van der Waals surface area contributed by atoms with Crippen LogP contribution in [-0.4, -0.2) is 54.8 Å². The Morgan fingerprint density at radius 3 is 1.60 bits per heavy atom. The molecule has 0 fully saturated rings. The molecule has 13 rings (SSSR count). The number of hydrogen-bond donors (Lipinski definition) is 2. The monoisotopic (exact) mass is 2290 g/mol. The minimum Gasteiger partial charge on any atom is -0.453 e. The van der Waals surface area contributed by atoms with Gasteiger partial charge in [0.05, 0.1) is 5.56 Å². The summed E-state index contributed by atoms with van der Waals surface area (Å²) < 4.78 is 81.2. The molecule has 91 heavy (non-hydrogen) atoms. The number of H-pyrrole nitrogens is 2. The van der Waals surface area contributed by atoms with Gasteiger partial charge in [0.2, 0.25) is 0 Å². The van der Waals surface area contributed by atoms with Gasteiger partial charge in [-0.2, -0.15) is 54.6 Å². The summed E-state index contributed by atoms with van der Waals surface area (Å²) in [5.74, 6) is -2.29. The number of nitrogens with zero attached hydrogens (tertiary/aromatic N) is 9. The number of hydrogen-bond acceptors (Lipinski definition) is 9. The van der Waals surface area contributed by atoms with Gasteiger partial charge in [-0.1, -0.05) is 97.1 Å². The van der Waals surface area contributed by atoms with Crippen LogP contribution in [0.25, 0.3) is 78.8 Å². The summed E-state index contributed by atoms with van der Waals surface area (Å²) in [4.78, 5) is 42.5. The van der Waals surface area contributed by atoms with E-state index in [4.69, 9.17) is 0 Å². The van der Waals surface area contributed by atoms with Crippen LogP contribution in [0, 0.1) is 67.8 Å². The van der Waals surface area contributed by atoms with E-state index >= 15 is 0 Å². The van der Waals surface area contributed by atoms with E-state index in [0.29, 0.717) is 11.3 Å². The molecule has 11 aromatic heterocycles. The predicted octanol–water partition coefficient (Wildman–Crippen LogP) is 15.8. The van der Waals surface area contributed by atoms with Crippen molar-refractivity contribution in [1.82, 2.24) is 54.8 Å². The van der Waals surface area contributed by atoms with Crippen molar-refractivity contribution in [2.24, 2.45) is 0 Å². The van der Waals surface area contributed by atoms with Crippen molar-refractivity contribution in [3.63, 3.8) is 0 Å². The Bertz CT molecular complexity index is 3820. The van der Waals surface area contributed by atoms with Gasteiger partial charge in [-0.15, -0.1) is 59.9 Å². The third-order valence-electron chi connectivity index (χ3n) is 11.5. The maximum atomic E-state index is 15.0. The van der Waals surface area contributed by atoms with Crippen LogP contribution < -0.4 is 0 Å². The second kappa shape index (κ2) is 42.1. The van der Waals surface area contributed by atoms with E-state index in [2.05, 4.69) is 91.4 Å². The standard InChI is InChI=1S/C20H13F5N.C10H6FN2.2C10H7N2.2C9H7N2.6Ir/c1-11-3-6-17(26-10-11)15-4-5-16(21)18(19(15)22)13-7-12(2)8-14(9-13)20(23,24)25;11-9-3-5-13-10(6-9)8-2-1-4-12-7-8;1-3-7-11-9(5-1)10-6-2-4-8-12-10;1-2-6-12-10(3-1)9-4-7-11-8-5-9;2*1-2-5-11-9(3-1)8-4-6-10-7-8;;;;;;/h3,5-10H,1-2H3;1,3-7H;1-5,7-8H;1-4,6-8H;1-3,5-7,10H;1-6,10H;;;;;;/q6*-1;;;;;;. The van der Waals surface area contributed by atoms with Gasteiger partial charge in [-0.25, -0.2) is 4.39 Å². The minimum absolute atomic E-state index is 0. The van der Waals surface area contributed by atoms with Crippen LogP contribution in [0.1, 0.15) is 16.7 Å². The average Bonchev–Trinajstić information content (AvgIpc) is 1.38. The van der Waals surface area contributed by atoms with Crippen molar-refractivity contribution in [1.29, 1.82) is 0 Å². The zero-order chi connectivity index (χ0) is 59.6. The Labute approximate surface area is 603 Å². The maximum absolute atomic E-state index is 15.0. The molecule has 11 nitrogen and oxygen atoms in total. The maximum Gasteiger partial charge on any atom is 0.416 e. The van der Waals surface area contributed by atoms with Crippen LogP contribution in [0.15, 0.2) is 238 Å². The van der Waals surface area contributed by atoms with E-state index in [1.54, 1.807) is 87.1 Å². The molecule has 0 aliphatic carbocycles. The zero-order valence-electron chi connectivity index (χ0n) is 47.3. The number of aromatic nitrogens is 11. The van der Waals surface area contributed by atoms with E-state index in [-0.39, 0.29) is 149 Å². The van der Waals surface area contributed by atoms with Crippen molar-refractivity contribution in [2.45, 2.75) is 20.0 Å². The van der Waals surface area contributed by atoms with Gasteiger partial charge in [-0.3, -0.25) is 18.7 Å². The van der Waals surface area contributed by atoms with Gasteiger partial charge in [0.1, 0.15) is 5.82 Å². The normalized spacial score (nSPS) is 9.67.